The van der Waals surface area contributed by atoms with Crippen LogP contribution in [-0.4, -0.2) is 16.1 Å². The van der Waals surface area contributed by atoms with E-state index in [2.05, 4.69) is 0 Å². The van der Waals surface area contributed by atoms with Gasteiger partial charge in [0.15, 0.2) is 0 Å². The highest BCUT2D eigenvalue weighted by atomic mass is 16.6. The number of furan rings is 1. The Balaban J connectivity index is 2.15. The lowest BCUT2D eigenvalue weighted by atomic mass is 10.1. The Morgan fingerprint density at radius 2 is 1.85 bits per heavy atom. The van der Waals surface area contributed by atoms with E-state index in [0.29, 0.717) is 11.3 Å². The maximum atomic E-state index is 10.5. The molecule has 1 heterocycles. The number of hydrogen-bond acceptors (Lipinski definition) is 5. The highest BCUT2D eigenvalue weighted by Crippen LogP contribution is 2.27. The summed E-state index contributed by atoms with van der Waals surface area (Å²) in [7, 11) is 0. The van der Waals surface area contributed by atoms with Crippen molar-refractivity contribution in [2.75, 3.05) is 0 Å². The van der Waals surface area contributed by atoms with Gasteiger partial charge in [0.25, 0.3) is 0 Å². The molecule has 1 N–H and O–H groups in total. The van der Waals surface area contributed by atoms with Gasteiger partial charge in [-0.1, -0.05) is 12.1 Å². The number of nitrogens with zero attached hydrogens (tertiary/aromatic N) is 1. The Bertz CT molecular complexity index is 588. The SMILES string of the molecule is CC(C)Oc1ccc(C(O)c2ccc([N+](=O)[O-])o2)cc1. The summed E-state index contributed by atoms with van der Waals surface area (Å²) < 4.78 is 10.5. The standard InChI is InChI=1S/C14H15NO5/c1-9(2)19-11-5-3-10(4-6-11)14(16)12-7-8-13(20-12)15(17)18/h3-9,14,16H,1-2H3. The number of ether oxygens (including phenoxy) is 1. The summed E-state index contributed by atoms with van der Waals surface area (Å²) in [5.41, 5.74) is 0.574. The lowest BCUT2D eigenvalue weighted by molar-refractivity contribution is -0.402. The lowest BCUT2D eigenvalue weighted by Crippen LogP contribution is -2.05. The molecule has 0 aliphatic carbocycles. The van der Waals surface area contributed by atoms with Crippen LogP contribution in [0.5, 0.6) is 5.75 Å². The Hall–Kier alpha value is -2.34. The van der Waals surface area contributed by atoms with Crippen molar-refractivity contribution in [3.05, 3.63) is 57.8 Å². The molecule has 1 unspecified atom stereocenters. The Morgan fingerprint density at radius 1 is 1.20 bits per heavy atom. The van der Waals surface area contributed by atoms with Gasteiger partial charge in [-0.05, 0) is 37.6 Å². The summed E-state index contributed by atoms with van der Waals surface area (Å²) >= 11 is 0. The fourth-order valence-electron chi connectivity index (χ4n) is 1.75. The zero-order chi connectivity index (χ0) is 14.7. The molecule has 0 saturated carbocycles. The fraction of sp³-hybridized carbons (Fsp3) is 0.286. The molecule has 0 aliphatic heterocycles. The lowest BCUT2D eigenvalue weighted by Gasteiger charge is -2.11. The van der Waals surface area contributed by atoms with Gasteiger partial charge < -0.3 is 14.3 Å². The molecule has 0 radical (unpaired) electrons. The number of nitro groups is 1. The first kappa shape index (κ1) is 14.1. The van der Waals surface area contributed by atoms with Gasteiger partial charge in [-0.2, -0.15) is 0 Å². The summed E-state index contributed by atoms with van der Waals surface area (Å²) in [5.74, 6) is 0.439. The van der Waals surface area contributed by atoms with E-state index in [1.807, 2.05) is 13.8 Å². The summed E-state index contributed by atoms with van der Waals surface area (Å²) in [6.45, 7) is 3.84. The van der Waals surface area contributed by atoms with Crippen molar-refractivity contribution in [3.8, 4) is 5.75 Å². The van der Waals surface area contributed by atoms with Crippen LogP contribution in [0.15, 0.2) is 40.8 Å². The van der Waals surface area contributed by atoms with Crippen molar-refractivity contribution in [1.82, 2.24) is 0 Å². The number of rotatable bonds is 5. The Morgan fingerprint density at radius 3 is 2.35 bits per heavy atom. The van der Waals surface area contributed by atoms with Gasteiger partial charge in [0.05, 0.1) is 12.2 Å². The van der Waals surface area contributed by atoms with Gasteiger partial charge in [-0.3, -0.25) is 10.1 Å². The topological polar surface area (TPSA) is 85.7 Å². The molecule has 6 heteroatoms. The first-order valence-electron chi connectivity index (χ1n) is 6.16. The van der Waals surface area contributed by atoms with Crippen molar-refractivity contribution < 1.29 is 19.2 Å². The second kappa shape index (κ2) is 5.75. The molecular weight excluding hydrogens is 262 g/mol. The zero-order valence-corrected chi connectivity index (χ0v) is 11.1. The monoisotopic (exact) mass is 277 g/mol. The molecular formula is C14H15NO5. The van der Waals surface area contributed by atoms with Crippen molar-refractivity contribution in [2.24, 2.45) is 0 Å². The maximum Gasteiger partial charge on any atom is 0.433 e. The van der Waals surface area contributed by atoms with Gasteiger partial charge in [0, 0.05) is 0 Å². The van der Waals surface area contributed by atoms with Crippen LogP contribution in [0.25, 0.3) is 0 Å². The third kappa shape index (κ3) is 3.16. The summed E-state index contributed by atoms with van der Waals surface area (Å²) in [5, 5.41) is 20.6. The molecule has 0 amide bonds. The first-order chi connectivity index (χ1) is 9.47. The molecule has 0 fully saturated rings. The second-order valence-corrected chi connectivity index (χ2v) is 4.57. The average molecular weight is 277 g/mol. The van der Waals surface area contributed by atoms with E-state index in [9.17, 15) is 15.2 Å². The van der Waals surface area contributed by atoms with E-state index in [1.165, 1.54) is 12.1 Å². The molecule has 1 aromatic carbocycles. The minimum Gasteiger partial charge on any atom is -0.491 e. The van der Waals surface area contributed by atoms with E-state index in [4.69, 9.17) is 9.15 Å². The minimum absolute atomic E-state index is 0.0681. The summed E-state index contributed by atoms with van der Waals surface area (Å²) in [4.78, 5) is 9.89. The van der Waals surface area contributed by atoms with Crippen LogP contribution in [0.1, 0.15) is 31.3 Å². The largest absolute Gasteiger partial charge is 0.491 e. The van der Waals surface area contributed by atoms with Gasteiger partial charge in [0.2, 0.25) is 0 Å². The van der Waals surface area contributed by atoms with Gasteiger partial charge in [-0.25, -0.2) is 0 Å². The quantitative estimate of drug-likeness (QED) is 0.670. The van der Waals surface area contributed by atoms with Crippen LogP contribution < -0.4 is 4.74 Å². The molecule has 0 saturated heterocycles. The van der Waals surface area contributed by atoms with E-state index in [-0.39, 0.29) is 17.7 Å². The molecule has 2 rings (SSSR count). The van der Waals surface area contributed by atoms with Crippen LogP contribution in [0.4, 0.5) is 5.88 Å². The summed E-state index contributed by atoms with van der Waals surface area (Å²) in [6.07, 6.45) is -0.977. The first-order valence-corrected chi connectivity index (χ1v) is 6.16. The molecule has 0 aliphatic rings. The van der Waals surface area contributed by atoms with Crippen molar-refractivity contribution in [1.29, 1.82) is 0 Å². The maximum absolute atomic E-state index is 10.5. The molecule has 20 heavy (non-hydrogen) atoms. The number of aliphatic hydroxyl groups is 1. The third-order valence-corrected chi connectivity index (χ3v) is 2.63. The van der Waals surface area contributed by atoms with Crippen LogP contribution >= 0.6 is 0 Å². The number of hydrogen-bond donors (Lipinski definition) is 1. The molecule has 106 valence electrons. The molecule has 0 spiro atoms. The molecule has 2 aromatic rings. The smallest absolute Gasteiger partial charge is 0.433 e. The predicted molar refractivity (Wildman–Crippen MR) is 71.6 cm³/mol. The Kier molecular flexibility index (Phi) is 4.05. The van der Waals surface area contributed by atoms with Crippen LogP contribution in [0.2, 0.25) is 0 Å². The zero-order valence-electron chi connectivity index (χ0n) is 11.1. The predicted octanol–water partition coefficient (Wildman–Crippen LogP) is 3.06. The van der Waals surface area contributed by atoms with Gasteiger partial charge in [-0.15, -0.1) is 0 Å². The van der Waals surface area contributed by atoms with Crippen LogP contribution in [0, 0.1) is 10.1 Å². The normalized spacial score (nSPS) is 12.4. The average Bonchev–Trinajstić information content (AvgIpc) is 2.88. The van der Waals surface area contributed by atoms with Crippen molar-refractivity contribution in [3.63, 3.8) is 0 Å². The van der Waals surface area contributed by atoms with E-state index in [1.54, 1.807) is 24.3 Å². The molecule has 6 nitrogen and oxygen atoms in total. The van der Waals surface area contributed by atoms with E-state index in [0.717, 1.165) is 0 Å². The Labute approximate surface area is 115 Å². The number of benzene rings is 1. The highest BCUT2D eigenvalue weighted by molar-refractivity contribution is 5.32. The summed E-state index contributed by atoms with van der Waals surface area (Å²) in [6, 6.07) is 9.45. The van der Waals surface area contributed by atoms with Crippen molar-refractivity contribution >= 4 is 5.88 Å². The number of aliphatic hydroxyl groups excluding tert-OH is 1. The molecule has 1 aromatic heterocycles. The minimum atomic E-state index is -1.04. The van der Waals surface area contributed by atoms with Crippen molar-refractivity contribution in [2.45, 2.75) is 26.1 Å². The van der Waals surface area contributed by atoms with E-state index >= 15 is 0 Å². The highest BCUT2D eigenvalue weighted by Gasteiger charge is 2.19. The molecule has 0 bridgehead atoms. The van der Waals surface area contributed by atoms with Crippen LogP contribution in [0.3, 0.4) is 0 Å². The molecule has 1 atom stereocenters. The van der Waals surface area contributed by atoms with E-state index < -0.39 is 11.0 Å². The van der Waals surface area contributed by atoms with Crippen LogP contribution in [-0.2, 0) is 0 Å². The fourth-order valence-corrected chi connectivity index (χ4v) is 1.75. The van der Waals surface area contributed by atoms with Gasteiger partial charge in [0.1, 0.15) is 22.5 Å². The third-order valence-electron chi connectivity index (χ3n) is 2.63. The second-order valence-electron chi connectivity index (χ2n) is 4.57. The van der Waals surface area contributed by atoms with Gasteiger partial charge >= 0.3 is 5.88 Å².